The molecule has 2 heterocycles. The van der Waals surface area contributed by atoms with Crippen molar-refractivity contribution in [1.29, 1.82) is 0 Å². The molecule has 1 aromatic heterocycles. The molecule has 2 amide bonds. The van der Waals surface area contributed by atoms with E-state index in [-0.39, 0.29) is 12.5 Å². The van der Waals surface area contributed by atoms with Gasteiger partial charge in [-0.1, -0.05) is 19.1 Å². The molecule has 28 heavy (non-hydrogen) atoms. The van der Waals surface area contributed by atoms with Crippen LogP contribution in [-0.2, 0) is 27.2 Å². The number of esters is 1. The molecule has 6 nitrogen and oxygen atoms in total. The number of carbonyl (C=O) groups excluding carboxylic acids is 3. The number of thiophene rings is 1. The Bertz CT molecular complexity index is 952. The van der Waals surface area contributed by atoms with E-state index >= 15 is 0 Å². The zero-order chi connectivity index (χ0) is 19.8. The fourth-order valence-electron chi connectivity index (χ4n) is 3.72. The standard InChI is InChI=1S/C21H22N2O4S/c1-12-7-8-17-14(9-12)10-18(28-17)21(26)27-13(2)20(25)23-11-19(24)22-15-5-3-4-6-16(15)23/h3-6,10,12-13H,7-9,11H2,1-2H3,(H,22,24)/t12-,13-/m1/s1. The van der Waals surface area contributed by atoms with E-state index in [0.717, 1.165) is 19.3 Å². The van der Waals surface area contributed by atoms with Gasteiger partial charge in [-0.25, -0.2) is 4.79 Å². The van der Waals surface area contributed by atoms with E-state index in [9.17, 15) is 14.4 Å². The van der Waals surface area contributed by atoms with Crippen molar-refractivity contribution in [3.05, 3.63) is 45.6 Å². The minimum absolute atomic E-state index is 0.0943. The highest BCUT2D eigenvalue weighted by Gasteiger charge is 2.32. The molecular weight excluding hydrogens is 376 g/mol. The maximum Gasteiger partial charge on any atom is 0.349 e. The number of nitrogens with one attached hydrogen (secondary N) is 1. The van der Waals surface area contributed by atoms with Crippen LogP contribution >= 0.6 is 11.3 Å². The normalized spacial score (nSPS) is 19.3. The van der Waals surface area contributed by atoms with Crippen LogP contribution in [0.25, 0.3) is 0 Å². The molecule has 1 aliphatic heterocycles. The van der Waals surface area contributed by atoms with Gasteiger partial charge >= 0.3 is 5.97 Å². The quantitative estimate of drug-likeness (QED) is 0.804. The number of hydrogen-bond acceptors (Lipinski definition) is 5. The van der Waals surface area contributed by atoms with E-state index < -0.39 is 18.0 Å². The molecule has 146 valence electrons. The van der Waals surface area contributed by atoms with E-state index in [1.165, 1.54) is 26.7 Å². The highest BCUT2D eigenvalue weighted by Crippen LogP contribution is 2.33. The van der Waals surface area contributed by atoms with Gasteiger partial charge in [0.2, 0.25) is 5.91 Å². The second-order valence-corrected chi connectivity index (χ2v) is 8.58. The number of carbonyl (C=O) groups is 3. The summed E-state index contributed by atoms with van der Waals surface area (Å²) in [6, 6.07) is 8.98. The molecule has 0 radical (unpaired) electrons. The van der Waals surface area contributed by atoms with Gasteiger partial charge in [0.25, 0.3) is 5.91 Å². The van der Waals surface area contributed by atoms with Crippen molar-refractivity contribution in [2.45, 2.75) is 39.2 Å². The number of amides is 2. The van der Waals surface area contributed by atoms with Crippen LogP contribution in [0.3, 0.4) is 0 Å². The van der Waals surface area contributed by atoms with Crippen LogP contribution in [0.5, 0.6) is 0 Å². The number of rotatable bonds is 3. The van der Waals surface area contributed by atoms with Gasteiger partial charge in [-0.2, -0.15) is 0 Å². The van der Waals surface area contributed by atoms with Gasteiger partial charge in [0, 0.05) is 4.88 Å². The van der Waals surface area contributed by atoms with Crippen molar-refractivity contribution < 1.29 is 19.1 Å². The highest BCUT2D eigenvalue weighted by molar-refractivity contribution is 7.14. The largest absolute Gasteiger partial charge is 0.448 e. The van der Waals surface area contributed by atoms with E-state index in [1.807, 2.05) is 6.07 Å². The maximum absolute atomic E-state index is 12.9. The minimum Gasteiger partial charge on any atom is -0.448 e. The molecule has 1 N–H and O–H groups in total. The molecule has 0 saturated heterocycles. The lowest BCUT2D eigenvalue weighted by molar-refractivity contribution is -0.128. The molecule has 0 fully saturated rings. The van der Waals surface area contributed by atoms with Crippen LogP contribution in [0.1, 0.15) is 40.4 Å². The van der Waals surface area contributed by atoms with Crippen molar-refractivity contribution in [2.24, 2.45) is 5.92 Å². The van der Waals surface area contributed by atoms with Gasteiger partial charge in [0.05, 0.1) is 11.4 Å². The van der Waals surface area contributed by atoms with Crippen LogP contribution in [0.2, 0.25) is 0 Å². The lowest BCUT2D eigenvalue weighted by Crippen LogP contribution is -2.47. The smallest absolute Gasteiger partial charge is 0.349 e. The molecule has 1 aromatic carbocycles. The average molecular weight is 398 g/mol. The van der Waals surface area contributed by atoms with Crippen LogP contribution in [0.4, 0.5) is 11.4 Å². The van der Waals surface area contributed by atoms with Crippen molar-refractivity contribution in [2.75, 3.05) is 16.8 Å². The summed E-state index contributed by atoms with van der Waals surface area (Å²) in [5.74, 6) is -0.546. The zero-order valence-electron chi connectivity index (χ0n) is 15.9. The molecule has 0 unspecified atom stereocenters. The molecule has 1 aliphatic carbocycles. The molecule has 2 atom stereocenters. The first kappa shape index (κ1) is 18.7. The minimum atomic E-state index is -0.982. The molecule has 0 saturated carbocycles. The Morgan fingerprint density at radius 3 is 2.93 bits per heavy atom. The van der Waals surface area contributed by atoms with Gasteiger partial charge in [-0.15, -0.1) is 11.3 Å². The summed E-state index contributed by atoms with van der Waals surface area (Å²) in [5, 5.41) is 2.74. The number of ether oxygens (including phenoxy) is 1. The maximum atomic E-state index is 12.9. The predicted octanol–water partition coefficient (Wildman–Crippen LogP) is 3.40. The highest BCUT2D eigenvalue weighted by atomic mass is 32.1. The Labute approximate surface area is 167 Å². The third kappa shape index (κ3) is 3.54. The van der Waals surface area contributed by atoms with E-state index in [0.29, 0.717) is 22.2 Å². The fraction of sp³-hybridized carbons (Fsp3) is 0.381. The molecule has 4 rings (SSSR count). The van der Waals surface area contributed by atoms with Crippen LogP contribution < -0.4 is 10.2 Å². The second-order valence-electron chi connectivity index (χ2n) is 7.44. The molecule has 0 bridgehead atoms. The van der Waals surface area contributed by atoms with Crippen LogP contribution in [-0.4, -0.2) is 30.4 Å². The number of anilines is 2. The fourth-order valence-corrected chi connectivity index (χ4v) is 4.82. The zero-order valence-corrected chi connectivity index (χ0v) is 16.7. The monoisotopic (exact) mass is 398 g/mol. The van der Waals surface area contributed by atoms with Gasteiger partial charge in [-0.05, 0) is 55.9 Å². The van der Waals surface area contributed by atoms with Crippen molar-refractivity contribution >= 4 is 40.5 Å². The summed E-state index contributed by atoms with van der Waals surface area (Å²) in [4.78, 5) is 40.6. The Hall–Kier alpha value is -2.67. The molecule has 2 aromatic rings. The Kier molecular flexibility index (Phi) is 4.93. The van der Waals surface area contributed by atoms with Crippen molar-refractivity contribution in [1.82, 2.24) is 0 Å². The van der Waals surface area contributed by atoms with Crippen LogP contribution in [0, 0.1) is 5.92 Å². The summed E-state index contributed by atoms with van der Waals surface area (Å²) >= 11 is 1.46. The third-order valence-corrected chi connectivity index (χ3v) is 6.42. The van der Waals surface area contributed by atoms with Gasteiger partial charge in [0.1, 0.15) is 11.4 Å². The first-order chi connectivity index (χ1) is 13.4. The molecule has 2 aliphatic rings. The number of benzene rings is 1. The van der Waals surface area contributed by atoms with E-state index in [4.69, 9.17) is 4.74 Å². The summed E-state index contributed by atoms with van der Waals surface area (Å²) in [5.41, 5.74) is 2.40. The Balaban J connectivity index is 1.48. The van der Waals surface area contributed by atoms with E-state index in [1.54, 1.807) is 31.2 Å². The topological polar surface area (TPSA) is 75.7 Å². The molecular formula is C21H22N2O4S. The summed E-state index contributed by atoms with van der Waals surface area (Å²) < 4.78 is 5.45. The SMILES string of the molecule is C[C@@H]1CCc2sc(C(=O)O[C@H](C)C(=O)N3CC(=O)Nc4ccccc43)cc2C1. The number of fused-ring (bicyclic) bond motifs is 2. The summed E-state index contributed by atoms with van der Waals surface area (Å²) in [6.07, 6.45) is 2.12. The van der Waals surface area contributed by atoms with Gasteiger partial charge in [-0.3, -0.25) is 14.5 Å². The number of aryl methyl sites for hydroxylation is 1. The lowest BCUT2D eigenvalue weighted by Gasteiger charge is -2.30. The van der Waals surface area contributed by atoms with Gasteiger partial charge in [0.15, 0.2) is 6.10 Å². The second kappa shape index (κ2) is 7.39. The lowest BCUT2D eigenvalue weighted by atomic mass is 9.90. The molecule has 0 spiro atoms. The van der Waals surface area contributed by atoms with E-state index in [2.05, 4.69) is 12.2 Å². The number of hydrogen-bond donors (Lipinski definition) is 1. The number of nitrogens with zero attached hydrogens (tertiary/aromatic N) is 1. The Morgan fingerprint density at radius 1 is 1.32 bits per heavy atom. The number of para-hydroxylation sites is 2. The van der Waals surface area contributed by atoms with Crippen molar-refractivity contribution in [3.63, 3.8) is 0 Å². The summed E-state index contributed by atoms with van der Waals surface area (Å²) in [7, 11) is 0. The summed E-state index contributed by atoms with van der Waals surface area (Å²) in [6.45, 7) is 3.67. The van der Waals surface area contributed by atoms with Gasteiger partial charge < -0.3 is 10.1 Å². The van der Waals surface area contributed by atoms with Crippen molar-refractivity contribution in [3.8, 4) is 0 Å². The predicted molar refractivity (Wildman–Crippen MR) is 108 cm³/mol. The Morgan fingerprint density at radius 2 is 2.11 bits per heavy atom. The third-order valence-electron chi connectivity index (χ3n) is 5.20. The first-order valence-corrected chi connectivity index (χ1v) is 10.3. The first-order valence-electron chi connectivity index (χ1n) is 9.45. The average Bonchev–Trinajstić information content (AvgIpc) is 3.10. The molecule has 7 heteroatoms. The van der Waals surface area contributed by atoms with Crippen LogP contribution in [0.15, 0.2) is 30.3 Å².